The van der Waals surface area contributed by atoms with E-state index in [1.165, 1.54) is 31.5 Å². The maximum absolute atomic E-state index is 14.5. The van der Waals surface area contributed by atoms with Gasteiger partial charge in [0.05, 0.1) is 18.2 Å². The molecule has 1 aromatic heterocycles. The summed E-state index contributed by atoms with van der Waals surface area (Å²) in [4.78, 5) is 16.5. The smallest absolute Gasteiger partial charge is 0.340 e. The van der Waals surface area contributed by atoms with Crippen LogP contribution in [0.25, 0.3) is 11.1 Å². The number of nitriles is 1. The van der Waals surface area contributed by atoms with Crippen LogP contribution in [0.3, 0.4) is 0 Å². The van der Waals surface area contributed by atoms with E-state index in [9.17, 15) is 9.18 Å². The molecule has 0 radical (unpaired) electrons. The van der Waals surface area contributed by atoms with Crippen LogP contribution >= 0.6 is 0 Å². The zero-order chi connectivity index (χ0) is 19.2. The number of rotatable bonds is 5. The van der Waals surface area contributed by atoms with E-state index >= 15 is 0 Å². The third kappa shape index (κ3) is 3.93. The number of hydrogen-bond donors (Lipinski definition) is 0. The molecular formula is C21H15FN2O3. The van der Waals surface area contributed by atoms with Gasteiger partial charge in [-0.2, -0.15) is 5.26 Å². The van der Waals surface area contributed by atoms with Crippen molar-refractivity contribution in [1.82, 2.24) is 4.98 Å². The Balaban J connectivity index is 2.02. The molecule has 3 rings (SSSR count). The summed E-state index contributed by atoms with van der Waals surface area (Å²) in [5.41, 5.74) is 1.18. The predicted molar refractivity (Wildman–Crippen MR) is 96.5 cm³/mol. The molecule has 134 valence electrons. The van der Waals surface area contributed by atoms with Gasteiger partial charge in [0.2, 0.25) is 0 Å². The summed E-state index contributed by atoms with van der Waals surface area (Å²) in [5, 5.41) is 9.13. The number of pyridine rings is 1. The minimum absolute atomic E-state index is 0.0494. The lowest BCUT2D eigenvalue weighted by Gasteiger charge is -2.13. The molecule has 0 aliphatic carbocycles. The van der Waals surface area contributed by atoms with Crippen molar-refractivity contribution < 1.29 is 18.7 Å². The van der Waals surface area contributed by atoms with Gasteiger partial charge in [0, 0.05) is 11.8 Å². The van der Waals surface area contributed by atoms with Gasteiger partial charge < -0.3 is 9.47 Å². The van der Waals surface area contributed by atoms with Gasteiger partial charge in [-0.15, -0.1) is 0 Å². The zero-order valence-electron chi connectivity index (χ0n) is 14.5. The molecule has 0 aliphatic rings. The third-order valence-corrected chi connectivity index (χ3v) is 3.92. The van der Waals surface area contributed by atoms with E-state index in [0.29, 0.717) is 0 Å². The molecule has 0 unspecified atom stereocenters. The minimum Gasteiger partial charge on any atom is -0.496 e. The first-order chi connectivity index (χ1) is 13.1. The van der Waals surface area contributed by atoms with Gasteiger partial charge in [-0.1, -0.05) is 36.4 Å². The molecular weight excluding hydrogens is 347 g/mol. The highest BCUT2D eigenvalue weighted by Gasteiger charge is 2.21. The van der Waals surface area contributed by atoms with Crippen molar-refractivity contribution in [3.63, 3.8) is 0 Å². The first kappa shape index (κ1) is 18.1. The summed E-state index contributed by atoms with van der Waals surface area (Å²) in [6.45, 7) is 0.0630. The average Bonchev–Trinajstić information content (AvgIpc) is 2.72. The predicted octanol–water partition coefficient (Wildman–Crippen LogP) is 4.12. The van der Waals surface area contributed by atoms with Gasteiger partial charge in [0.25, 0.3) is 0 Å². The fourth-order valence-electron chi connectivity index (χ4n) is 2.62. The van der Waals surface area contributed by atoms with Crippen LogP contribution in [0.2, 0.25) is 0 Å². The van der Waals surface area contributed by atoms with Crippen molar-refractivity contribution in [2.24, 2.45) is 0 Å². The number of aromatic nitrogens is 1. The number of esters is 1. The topological polar surface area (TPSA) is 72.2 Å². The lowest BCUT2D eigenvalue weighted by molar-refractivity contribution is 0.0473. The number of hydrogen-bond acceptors (Lipinski definition) is 5. The highest BCUT2D eigenvalue weighted by atomic mass is 19.1. The van der Waals surface area contributed by atoms with Crippen LogP contribution in [0.4, 0.5) is 4.39 Å². The SMILES string of the molecule is COc1cccc(F)c1-c1cc(C#N)ncc1C(=O)OCc1ccccc1. The van der Waals surface area contributed by atoms with Crippen LogP contribution in [0.15, 0.2) is 60.8 Å². The summed E-state index contributed by atoms with van der Waals surface area (Å²) >= 11 is 0. The van der Waals surface area contributed by atoms with Crippen LogP contribution < -0.4 is 4.74 Å². The largest absolute Gasteiger partial charge is 0.496 e. The van der Waals surface area contributed by atoms with Crippen molar-refractivity contribution in [3.05, 3.63) is 83.4 Å². The standard InChI is InChI=1S/C21H15FN2O3/c1-26-19-9-5-8-18(22)20(19)16-10-15(11-23)24-12-17(16)21(25)27-13-14-6-3-2-4-7-14/h2-10,12H,13H2,1H3. The van der Waals surface area contributed by atoms with Crippen molar-refractivity contribution in [2.45, 2.75) is 6.61 Å². The lowest BCUT2D eigenvalue weighted by Crippen LogP contribution is -2.09. The van der Waals surface area contributed by atoms with E-state index in [1.54, 1.807) is 6.07 Å². The average molecular weight is 362 g/mol. The maximum atomic E-state index is 14.5. The summed E-state index contributed by atoms with van der Waals surface area (Å²) in [7, 11) is 1.40. The van der Waals surface area contributed by atoms with E-state index in [-0.39, 0.29) is 34.7 Å². The molecule has 0 saturated heterocycles. The fourth-order valence-corrected chi connectivity index (χ4v) is 2.62. The van der Waals surface area contributed by atoms with Gasteiger partial charge in [0.1, 0.15) is 29.9 Å². The molecule has 5 nitrogen and oxygen atoms in total. The Labute approximate surface area is 155 Å². The van der Waals surface area contributed by atoms with Crippen molar-refractivity contribution in [1.29, 1.82) is 5.26 Å². The number of ether oxygens (including phenoxy) is 2. The molecule has 0 fully saturated rings. The highest BCUT2D eigenvalue weighted by molar-refractivity contribution is 5.98. The molecule has 0 N–H and O–H groups in total. The number of carbonyl (C=O) groups is 1. The Bertz CT molecular complexity index is 1010. The summed E-state index contributed by atoms with van der Waals surface area (Å²) in [5.74, 6) is -1.01. The monoisotopic (exact) mass is 362 g/mol. The number of methoxy groups -OCH3 is 1. The Hall–Kier alpha value is -3.72. The second-order valence-electron chi connectivity index (χ2n) is 5.61. The fraction of sp³-hybridized carbons (Fsp3) is 0.0952. The zero-order valence-corrected chi connectivity index (χ0v) is 14.5. The van der Waals surface area contributed by atoms with Gasteiger partial charge >= 0.3 is 5.97 Å². The van der Waals surface area contributed by atoms with Crippen LogP contribution in [0.1, 0.15) is 21.6 Å². The van der Waals surface area contributed by atoms with E-state index in [2.05, 4.69) is 4.98 Å². The highest BCUT2D eigenvalue weighted by Crippen LogP contribution is 2.35. The molecule has 0 saturated carbocycles. The quantitative estimate of drug-likeness (QED) is 0.638. The molecule has 2 aromatic carbocycles. The van der Waals surface area contributed by atoms with Crippen molar-refractivity contribution >= 4 is 5.97 Å². The molecule has 0 atom stereocenters. The molecule has 0 amide bonds. The molecule has 6 heteroatoms. The van der Waals surface area contributed by atoms with Crippen molar-refractivity contribution in [3.8, 4) is 22.9 Å². The van der Waals surface area contributed by atoms with Gasteiger partial charge in [-0.25, -0.2) is 14.2 Å². The van der Waals surface area contributed by atoms with E-state index < -0.39 is 11.8 Å². The van der Waals surface area contributed by atoms with Gasteiger partial charge in [-0.3, -0.25) is 0 Å². The Morgan fingerprint density at radius 1 is 1.19 bits per heavy atom. The molecule has 27 heavy (non-hydrogen) atoms. The molecule has 0 aliphatic heterocycles. The summed E-state index contributed by atoms with van der Waals surface area (Å²) in [6.07, 6.45) is 1.22. The van der Waals surface area contributed by atoms with Crippen molar-refractivity contribution in [2.75, 3.05) is 7.11 Å². The number of nitrogens with zero attached hydrogens (tertiary/aromatic N) is 2. The number of halogens is 1. The van der Waals surface area contributed by atoms with Gasteiger partial charge in [0.15, 0.2) is 0 Å². The normalized spacial score (nSPS) is 10.1. The third-order valence-electron chi connectivity index (χ3n) is 3.92. The number of benzene rings is 2. The minimum atomic E-state index is -0.670. The number of carbonyl (C=O) groups excluding carboxylic acids is 1. The van der Waals surface area contributed by atoms with Crippen LogP contribution in [0, 0.1) is 17.1 Å². The first-order valence-electron chi connectivity index (χ1n) is 8.08. The van der Waals surface area contributed by atoms with Crippen LogP contribution in [-0.4, -0.2) is 18.1 Å². The van der Waals surface area contributed by atoms with Gasteiger partial charge in [-0.05, 0) is 23.8 Å². The molecule has 0 bridgehead atoms. The van der Waals surface area contributed by atoms with E-state index in [0.717, 1.165) is 5.56 Å². The Morgan fingerprint density at radius 2 is 1.96 bits per heavy atom. The second kappa shape index (κ2) is 8.11. The van der Waals surface area contributed by atoms with Crippen LogP contribution in [-0.2, 0) is 11.3 Å². The van der Waals surface area contributed by atoms with E-state index in [1.807, 2.05) is 36.4 Å². The Morgan fingerprint density at radius 3 is 2.67 bits per heavy atom. The summed E-state index contributed by atoms with van der Waals surface area (Å²) < 4.78 is 25.1. The Kier molecular flexibility index (Phi) is 5.43. The molecule has 1 heterocycles. The summed E-state index contributed by atoms with van der Waals surface area (Å²) in [6, 6.07) is 16.7. The molecule has 3 aromatic rings. The maximum Gasteiger partial charge on any atom is 0.340 e. The van der Waals surface area contributed by atoms with Crippen LogP contribution in [0.5, 0.6) is 5.75 Å². The lowest BCUT2D eigenvalue weighted by atomic mass is 9.99. The second-order valence-corrected chi connectivity index (χ2v) is 5.61. The molecule has 0 spiro atoms. The van der Waals surface area contributed by atoms with E-state index in [4.69, 9.17) is 14.7 Å². The first-order valence-corrected chi connectivity index (χ1v) is 8.08.